The van der Waals surface area contributed by atoms with Crippen LogP contribution in [-0.4, -0.2) is 16.7 Å². The van der Waals surface area contributed by atoms with E-state index in [9.17, 15) is 4.79 Å². The topological polar surface area (TPSA) is 71.2 Å². The number of para-hydroxylation sites is 1. The first-order valence-corrected chi connectivity index (χ1v) is 7.76. The van der Waals surface area contributed by atoms with E-state index in [1.807, 2.05) is 30.5 Å². The predicted octanol–water partition coefficient (Wildman–Crippen LogP) is 3.81. The monoisotopic (exact) mass is 299 g/mol. The Morgan fingerprint density at radius 1 is 1.27 bits per heavy atom. The van der Waals surface area contributed by atoms with E-state index in [4.69, 9.17) is 5.73 Å². The number of aliphatic imine (C=N–C) groups is 1. The van der Waals surface area contributed by atoms with Crippen molar-refractivity contribution in [1.29, 1.82) is 0 Å². The molecule has 0 spiro atoms. The lowest BCUT2D eigenvalue weighted by atomic mass is 9.90. The second-order valence-corrected chi connectivity index (χ2v) is 6.95. The van der Waals surface area contributed by atoms with Gasteiger partial charge in [-0.2, -0.15) is 0 Å². The number of carbonyl (C=O) groups is 1. The van der Waals surface area contributed by atoms with Crippen molar-refractivity contribution in [2.24, 2.45) is 16.1 Å². The quantitative estimate of drug-likeness (QED) is 0.651. The first-order valence-electron chi connectivity index (χ1n) is 7.76. The van der Waals surface area contributed by atoms with Gasteiger partial charge in [-0.05, 0) is 29.9 Å². The molecule has 1 heterocycles. The van der Waals surface area contributed by atoms with Crippen molar-refractivity contribution < 1.29 is 4.79 Å². The molecule has 4 heteroatoms. The van der Waals surface area contributed by atoms with Crippen LogP contribution in [-0.2, 0) is 11.2 Å². The summed E-state index contributed by atoms with van der Waals surface area (Å²) in [5.41, 5.74) is 8.15. The van der Waals surface area contributed by atoms with Crippen molar-refractivity contribution in [3.05, 3.63) is 36.0 Å². The summed E-state index contributed by atoms with van der Waals surface area (Å²) >= 11 is 0. The van der Waals surface area contributed by atoms with Crippen LogP contribution in [0, 0.1) is 5.41 Å². The minimum absolute atomic E-state index is 0.182. The Morgan fingerprint density at radius 3 is 2.73 bits per heavy atom. The predicted molar refractivity (Wildman–Crippen MR) is 91.9 cm³/mol. The molecule has 0 aliphatic heterocycles. The van der Waals surface area contributed by atoms with Gasteiger partial charge in [0.25, 0.3) is 5.91 Å². The number of H-pyrrole nitrogens is 1. The van der Waals surface area contributed by atoms with Crippen molar-refractivity contribution >= 4 is 22.6 Å². The molecule has 0 radical (unpaired) electrons. The van der Waals surface area contributed by atoms with Crippen LogP contribution in [0.25, 0.3) is 10.9 Å². The molecule has 118 valence electrons. The molecule has 0 bridgehead atoms. The van der Waals surface area contributed by atoms with E-state index in [1.165, 1.54) is 0 Å². The Labute approximate surface area is 131 Å². The van der Waals surface area contributed by atoms with Crippen LogP contribution in [0.3, 0.4) is 0 Å². The Balaban J connectivity index is 1.93. The van der Waals surface area contributed by atoms with E-state index in [2.05, 4.69) is 30.7 Å². The maximum Gasteiger partial charge on any atom is 0.251 e. The minimum Gasteiger partial charge on any atom is -0.387 e. The number of nitrogens with two attached hydrogens (primary N) is 1. The fraction of sp³-hybridized carbons (Fsp3) is 0.444. The molecule has 0 aliphatic carbocycles. The number of nitrogens with one attached hydrogen (secondary N) is 1. The number of amides is 1. The van der Waals surface area contributed by atoms with Crippen LogP contribution in [0.1, 0.15) is 45.6 Å². The molecule has 0 aliphatic rings. The van der Waals surface area contributed by atoms with E-state index in [-0.39, 0.29) is 17.7 Å². The van der Waals surface area contributed by atoms with Gasteiger partial charge >= 0.3 is 0 Å². The van der Waals surface area contributed by atoms with Gasteiger partial charge in [0.15, 0.2) is 0 Å². The van der Waals surface area contributed by atoms with Crippen molar-refractivity contribution in [2.45, 2.75) is 46.5 Å². The molecule has 4 nitrogen and oxygen atoms in total. The van der Waals surface area contributed by atoms with Crippen LogP contribution >= 0.6 is 0 Å². The minimum atomic E-state index is -0.182. The van der Waals surface area contributed by atoms with Gasteiger partial charge in [0.1, 0.15) is 5.84 Å². The molecule has 2 aromatic rings. The average Bonchev–Trinajstić information content (AvgIpc) is 2.80. The molecule has 1 amide bonds. The molecule has 2 rings (SSSR count). The fourth-order valence-electron chi connectivity index (χ4n) is 2.50. The van der Waals surface area contributed by atoms with E-state index in [1.54, 1.807) is 0 Å². The highest BCUT2D eigenvalue weighted by molar-refractivity contribution is 5.96. The number of aromatic amines is 1. The zero-order valence-electron chi connectivity index (χ0n) is 13.6. The first kappa shape index (κ1) is 16.3. The van der Waals surface area contributed by atoms with Gasteiger partial charge in [0.05, 0.1) is 6.42 Å². The lowest BCUT2D eigenvalue weighted by Crippen LogP contribution is -2.16. The van der Waals surface area contributed by atoms with E-state index in [0.717, 1.165) is 29.3 Å². The normalized spacial score (nSPS) is 12.8. The van der Waals surface area contributed by atoms with Crippen molar-refractivity contribution in [3.8, 4) is 0 Å². The van der Waals surface area contributed by atoms with Crippen LogP contribution in [0.4, 0.5) is 0 Å². The SMILES string of the molecule is CC(C)(C)CCCC(N)=NC(=O)Cc1c[nH]c2ccccc12. The Hall–Kier alpha value is -2.10. The summed E-state index contributed by atoms with van der Waals surface area (Å²) in [5, 5.41) is 1.07. The molecular weight excluding hydrogens is 274 g/mol. The third kappa shape index (κ3) is 4.72. The molecular formula is C18H25N3O. The lowest BCUT2D eigenvalue weighted by Gasteiger charge is -2.17. The van der Waals surface area contributed by atoms with E-state index >= 15 is 0 Å². The summed E-state index contributed by atoms with van der Waals surface area (Å²) in [6, 6.07) is 7.93. The number of aromatic nitrogens is 1. The summed E-state index contributed by atoms with van der Waals surface area (Å²) in [6.07, 6.45) is 4.85. The summed E-state index contributed by atoms with van der Waals surface area (Å²) in [7, 11) is 0. The highest BCUT2D eigenvalue weighted by Crippen LogP contribution is 2.21. The summed E-state index contributed by atoms with van der Waals surface area (Å²) in [4.78, 5) is 19.2. The van der Waals surface area contributed by atoms with Crippen molar-refractivity contribution in [1.82, 2.24) is 4.98 Å². The molecule has 3 N–H and O–H groups in total. The van der Waals surface area contributed by atoms with Gasteiger partial charge in [-0.1, -0.05) is 39.0 Å². The van der Waals surface area contributed by atoms with Gasteiger partial charge in [0, 0.05) is 23.5 Å². The summed E-state index contributed by atoms with van der Waals surface area (Å²) in [6.45, 7) is 6.59. The van der Waals surface area contributed by atoms with Gasteiger partial charge < -0.3 is 10.7 Å². The first-order chi connectivity index (χ1) is 10.3. The number of rotatable bonds is 5. The number of fused-ring (bicyclic) bond motifs is 1. The molecule has 1 aromatic carbocycles. The smallest absolute Gasteiger partial charge is 0.251 e. The Kier molecular flexibility index (Phi) is 5.01. The molecule has 0 unspecified atom stereocenters. The third-order valence-corrected chi connectivity index (χ3v) is 3.64. The Bertz CT molecular complexity index is 677. The van der Waals surface area contributed by atoms with E-state index < -0.39 is 0 Å². The molecule has 1 aromatic heterocycles. The fourth-order valence-corrected chi connectivity index (χ4v) is 2.50. The molecule has 0 fully saturated rings. The highest BCUT2D eigenvalue weighted by Gasteiger charge is 2.11. The zero-order chi connectivity index (χ0) is 16.2. The number of benzene rings is 1. The maximum absolute atomic E-state index is 12.0. The van der Waals surface area contributed by atoms with Gasteiger partial charge in [-0.25, -0.2) is 4.99 Å². The molecule has 0 saturated carbocycles. The van der Waals surface area contributed by atoms with Gasteiger partial charge in [0.2, 0.25) is 0 Å². The molecule has 0 saturated heterocycles. The van der Waals surface area contributed by atoms with Crippen LogP contribution < -0.4 is 5.73 Å². The van der Waals surface area contributed by atoms with Crippen LogP contribution in [0.15, 0.2) is 35.5 Å². The second kappa shape index (κ2) is 6.77. The van der Waals surface area contributed by atoms with Gasteiger partial charge in [-0.3, -0.25) is 4.79 Å². The average molecular weight is 299 g/mol. The summed E-state index contributed by atoms with van der Waals surface area (Å²) in [5.74, 6) is 0.257. The van der Waals surface area contributed by atoms with Crippen LogP contribution in [0.5, 0.6) is 0 Å². The van der Waals surface area contributed by atoms with Crippen molar-refractivity contribution in [3.63, 3.8) is 0 Å². The number of hydrogen-bond acceptors (Lipinski definition) is 1. The zero-order valence-corrected chi connectivity index (χ0v) is 13.6. The van der Waals surface area contributed by atoms with Crippen LogP contribution in [0.2, 0.25) is 0 Å². The molecule has 22 heavy (non-hydrogen) atoms. The number of nitrogens with zero attached hydrogens (tertiary/aromatic N) is 1. The Morgan fingerprint density at radius 2 is 2.00 bits per heavy atom. The lowest BCUT2D eigenvalue weighted by molar-refractivity contribution is -0.117. The number of amidine groups is 1. The van der Waals surface area contributed by atoms with Gasteiger partial charge in [-0.15, -0.1) is 0 Å². The van der Waals surface area contributed by atoms with Crippen molar-refractivity contribution in [2.75, 3.05) is 0 Å². The second-order valence-electron chi connectivity index (χ2n) is 6.95. The third-order valence-electron chi connectivity index (χ3n) is 3.64. The highest BCUT2D eigenvalue weighted by atomic mass is 16.1. The largest absolute Gasteiger partial charge is 0.387 e. The maximum atomic E-state index is 12.0. The molecule has 0 atom stereocenters. The number of carbonyl (C=O) groups excluding carboxylic acids is 1. The standard InChI is InChI=1S/C18H25N3O/c1-18(2,3)10-6-9-16(19)21-17(22)11-13-12-20-15-8-5-4-7-14(13)15/h4-5,7-8,12,20H,6,9-11H2,1-3H3,(H2,19,21,22). The number of hydrogen-bond donors (Lipinski definition) is 2. The van der Waals surface area contributed by atoms with E-state index in [0.29, 0.717) is 12.3 Å². The summed E-state index contributed by atoms with van der Waals surface area (Å²) < 4.78 is 0.